The summed E-state index contributed by atoms with van der Waals surface area (Å²) in [6.45, 7) is 5.06. The lowest BCUT2D eigenvalue weighted by atomic mass is 10.1. The highest BCUT2D eigenvalue weighted by atomic mass is 32.2. The molecule has 1 rings (SSSR count). The maximum atomic E-state index is 12.0. The zero-order valence-electron chi connectivity index (χ0n) is 11.4. The van der Waals surface area contributed by atoms with E-state index >= 15 is 0 Å². The topological polar surface area (TPSA) is 119 Å². The summed E-state index contributed by atoms with van der Waals surface area (Å²) < 4.78 is 27.4. The van der Waals surface area contributed by atoms with E-state index in [0.717, 1.165) is 0 Å². The molecule has 108 valence electrons. The van der Waals surface area contributed by atoms with E-state index < -0.39 is 21.5 Å². The minimum atomic E-state index is -3.86. The summed E-state index contributed by atoms with van der Waals surface area (Å²) in [5.74, 6) is -0.525. The van der Waals surface area contributed by atoms with Gasteiger partial charge in [0.1, 0.15) is 0 Å². The molecule has 0 spiro atoms. The summed E-state index contributed by atoms with van der Waals surface area (Å²) in [6.07, 6.45) is 1.29. The third-order valence-electron chi connectivity index (χ3n) is 2.10. The Hall–Kier alpha value is -1.61. The van der Waals surface area contributed by atoms with Gasteiger partial charge in [0.25, 0.3) is 10.0 Å². The van der Waals surface area contributed by atoms with Crippen LogP contribution in [-0.2, 0) is 21.9 Å². The van der Waals surface area contributed by atoms with E-state index in [1.165, 1.54) is 17.9 Å². The van der Waals surface area contributed by atoms with Gasteiger partial charge in [-0.15, -0.1) is 0 Å². The minimum Gasteiger partial charge on any atom is -0.381 e. The Morgan fingerprint density at radius 3 is 2.47 bits per heavy atom. The summed E-state index contributed by atoms with van der Waals surface area (Å²) in [7, 11) is -2.36. The van der Waals surface area contributed by atoms with Gasteiger partial charge < -0.3 is 15.6 Å². The maximum absolute atomic E-state index is 12.0. The smallest absolute Gasteiger partial charge is 0.260 e. The first kappa shape index (κ1) is 15.4. The predicted octanol–water partition coefficient (Wildman–Crippen LogP) is -0.805. The number of carbonyl (C=O) groups is 1. The molecule has 0 atom stereocenters. The number of hydrogen-bond acceptors (Lipinski definition) is 5. The van der Waals surface area contributed by atoms with Crippen molar-refractivity contribution in [1.82, 2.24) is 19.6 Å². The van der Waals surface area contributed by atoms with Gasteiger partial charge in [-0.25, -0.2) is 18.1 Å². The Morgan fingerprint density at radius 2 is 2.05 bits per heavy atom. The summed E-state index contributed by atoms with van der Waals surface area (Å²) in [4.78, 5) is 15.2. The summed E-state index contributed by atoms with van der Waals surface area (Å²) >= 11 is 0. The average molecular weight is 289 g/mol. The molecule has 1 aromatic heterocycles. The van der Waals surface area contributed by atoms with E-state index in [1.54, 1.807) is 20.8 Å². The van der Waals surface area contributed by atoms with Crippen molar-refractivity contribution >= 4 is 21.7 Å². The Balaban J connectivity index is 2.75. The number of aromatic nitrogens is 2. The number of carbonyl (C=O) groups excluding carboxylic acids is 1. The quantitative estimate of drug-likeness (QED) is 0.670. The zero-order valence-corrected chi connectivity index (χ0v) is 12.2. The number of nitrogens with zero attached hydrogens (tertiary/aromatic N) is 2. The highest BCUT2D eigenvalue weighted by Crippen LogP contribution is 2.14. The van der Waals surface area contributed by atoms with Gasteiger partial charge in [0.15, 0.2) is 10.8 Å². The lowest BCUT2D eigenvalue weighted by molar-refractivity contribution is -0.121. The molecular weight excluding hydrogens is 270 g/mol. The highest BCUT2D eigenvalue weighted by Gasteiger charge is 2.23. The molecule has 1 aromatic rings. The normalized spacial score (nSPS) is 12.4. The van der Waals surface area contributed by atoms with Crippen LogP contribution >= 0.6 is 0 Å². The van der Waals surface area contributed by atoms with Crippen molar-refractivity contribution in [1.29, 1.82) is 0 Å². The first-order chi connectivity index (χ1) is 8.53. The first-order valence-corrected chi connectivity index (χ1v) is 7.09. The van der Waals surface area contributed by atoms with Crippen LogP contribution < -0.4 is 15.8 Å². The number of imidazole rings is 1. The minimum absolute atomic E-state index is 0.105. The molecule has 8 nitrogen and oxygen atoms in total. The van der Waals surface area contributed by atoms with Gasteiger partial charge >= 0.3 is 0 Å². The van der Waals surface area contributed by atoms with Crippen LogP contribution in [-0.4, -0.2) is 36.0 Å². The van der Waals surface area contributed by atoms with Crippen LogP contribution in [0, 0.1) is 0 Å². The molecular formula is C10H19N5O3S. The van der Waals surface area contributed by atoms with Crippen molar-refractivity contribution in [3.8, 4) is 0 Å². The van der Waals surface area contributed by atoms with Crippen LogP contribution in [0.5, 0.6) is 0 Å². The number of sulfonamides is 1. The predicted molar refractivity (Wildman–Crippen MR) is 70.7 cm³/mol. The van der Waals surface area contributed by atoms with Crippen molar-refractivity contribution in [2.24, 2.45) is 7.05 Å². The molecule has 0 radical (unpaired) electrons. The van der Waals surface area contributed by atoms with Crippen molar-refractivity contribution < 1.29 is 13.2 Å². The molecule has 0 saturated heterocycles. The van der Waals surface area contributed by atoms with E-state index in [4.69, 9.17) is 5.73 Å². The molecule has 0 fully saturated rings. The Labute approximate surface area is 112 Å². The van der Waals surface area contributed by atoms with Crippen molar-refractivity contribution in [3.63, 3.8) is 0 Å². The number of anilines is 1. The van der Waals surface area contributed by atoms with E-state index in [2.05, 4.69) is 15.0 Å². The Morgan fingerprint density at radius 1 is 1.47 bits per heavy atom. The SMILES string of the molecule is Cn1cnc(N)c1S(=O)(=O)NCC(=O)NC(C)(C)C. The van der Waals surface area contributed by atoms with E-state index in [0.29, 0.717) is 0 Å². The third kappa shape index (κ3) is 4.21. The molecule has 0 bridgehead atoms. The fourth-order valence-electron chi connectivity index (χ4n) is 1.46. The number of aryl methyl sites for hydroxylation is 1. The summed E-state index contributed by atoms with van der Waals surface area (Å²) in [5, 5.41) is 2.49. The second-order valence-corrected chi connectivity index (χ2v) is 6.85. The number of nitrogen functional groups attached to an aromatic ring is 1. The molecule has 1 heterocycles. The molecule has 0 aliphatic rings. The van der Waals surface area contributed by atoms with Crippen LogP contribution in [0.4, 0.5) is 5.82 Å². The fourth-order valence-corrected chi connectivity index (χ4v) is 2.67. The van der Waals surface area contributed by atoms with Gasteiger partial charge in [-0.1, -0.05) is 0 Å². The lowest BCUT2D eigenvalue weighted by Gasteiger charge is -2.20. The third-order valence-corrected chi connectivity index (χ3v) is 3.63. The van der Waals surface area contributed by atoms with Crippen LogP contribution in [0.2, 0.25) is 0 Å². The van der Waals surface area contributed by atoms with E-state index in [1.807, 2.05) is 0 Å². The lowest BCUT2D eigenvalue weighted by Crippen LogP contribution is -2.46. The largest absolute Gasteiger partial charge is 0.381 e. The molecule has 19 heavy (non-hydrogen) atoms. The van der Waals surface area contributed by atoms with Gasteiger partial charge in [0.2, 0.25) is 5.91 Å². The summed E-state index contributed by atoms with van der Waals surface area (Å²) in [5.41, 5.74) is 5.06. The van der Waals surface area contributed by atoms with Gasteiger partial charge in [0, 0.05) is 12.6 Å². The van der Waals surface area contributed by atoms with Crippen LogP contribution in [0.15, 0.2) is 11.4 Å². The molecule has 1 amide bonds. The van der Waals surface area contributed by atoms with Gasteiger partial charge in [-0.3, -0.25) is 4.79 Å². The average Bonchev–Trinajstić information content (AvgIpc) is 2.54. The molecule has 4 N–H and O–H groups in total. The van der Waals surface area contributed by atoms with Crippen LogP contribution in [0.1, 0.15) is 20.8 Å². The molecule has 9 heteroatoms. The maximum Gasteiger partial charge on any atom is 0.260 e. The number of nitrogens with one attached hydrogen (secondary N) is 2. The molecule has 0 unspecified atom stereocenters. The first-order valence-electron chi connectivity index (χ1n) is 5.60. The number of amides is 1. The molecule has 0 aliphatic heterocycles. The number of rotatable bonds is 4. The zero-order chi connectivity index (χ0) is 14.8. The second-order valence-electron chi connectivity index (χ2n) is 5.17. The summed E-state index contributed by atoms with van der Waals surface area (Å²) in [6, 6.07) is 0. The van der Waals surface area contributed by atoms with Crippen LogP contribution in [0.3, 0.4) is 0 Å². The molecule has 0 aliphatic carbocycles. The van der Waals surface area contributed by atoms with Crippen molar-refractivity contribution in [3.05, 3.63) is 6.33 Å². The number of hydrogen-bond donors (Lipinski definition) is 3. The second kappa shape index (κ2) is 5.17. The Kier molecular flexibility index (Phi) is 4.21. The van der Waals surface area contributed by atoms with Gasteiger partial charge in [-0.05, 0) is 20.8 Å². The monoisotopic (exact) mass is 289 g/mol. The van der Waals surface area contributed by atoms with Crippen molar-refractivity contribution in [2.45, 2.75) is 31.3 Å². The van der Waals surface area contributed by atoms with Gasteiger partial charge in [0.05, 0.1) is 12.9 Å². The standard InChI is InChI=1S/C10H19N5O3S/c1-10(2,3)14-7(16)5-13-19(17,18)9-8(11)12-6-15(9)4/h6,13H,5,11H2,1-4H3,(H,14,16). The van der Waals surface area contributed by atoms with E-state index in [-0.39, 0.29) is 17.4 Å². The molecule has 0 saturated carbocycles. The number of nitrogens with two attached hydrogens (primary N) is 1. The highest BCUT2D eigenvalue weighted by molar-refractivity contribution is 7.89. The van der Waals surface area contributed by atoms with Crippen molar-refractivity contribution in [2.75, 3.05) is 12.3 Å². The Bertz CT molecular complexity index is 551. The van der Waals surface area contributed by atoms with Crippen LogP contribution in [0.25, 0.3) is 0 Å². The van der Waals surface area contributed by atoms with E-state index in [9.17, 15) is 13.2 Å². The fraction of sp³-hybridized carbons (Fsp3) is 0.600. The van der Waals surface area contributed by atoms with Gasteiger partial charge in [-0.2, -0.15) is 0 Å². The molecule has 0 aromatic carbocycles.